The molecule has 3 rings (SSSR count). The molecule has 1 N–H and O–H groups in total. The topological polar surface area (TPSA) is 81.2 Å². The van der Waals surface area contributed by atoms with Crippen LogP contribution in [0, 0.1) is 0 Å². The Kier molecular flexibility index (Phi) is 4.29. The van der Waals surface area contributed by atoms with Gasteiger partial charge in [-0.2, -0.15) is 0 Å². The number of rotatable bonds is 4. The van der Waals surface area contributed by atoms with Crippen molar-refractivity contribution in [3.8, 4) is 0 Å². The Morgan fingerprint density at radius 3 is 2.96 bits per heavy atom. The zero-order valence-electron chi connectivity index (χ0n) is 12.3. The Balaban J connectivity index is 1.83. The van der Waals surface area contributed by atoms with Crippen LogP contribution in [0.4, 0.5) is 5.13 Å². The van der Waals surface area contributed by atoms with Crippen LogP contribution in [0.15, 0.2) is 41.9 Å². The summed E-state index contributed by atoms with van der Waals surface area (Å²) in [7, 11) is 0. The first-order valence-corrected chi connectivity index (χ1v) is 7.84. The van der Waals surface area contributed by atoms with E-state index >= 15 is 0 Å². The van der Waals surface area contributed by atoms with Gasteiger partial charge in [-0.25, -0.2) is 9.78 Å². The highest BCUT2D eigenvalue weighted by Gasteiger charge is 2.15. The Hall–Kier alpha value is -2.80. The van der Waals surface area contributed by atoms with Gasteiger partial charge >= 0.3 is 5.97 Å². The molecule has 0 fully saturated rings. The maximum absolute atomic E-state index is 12.4. The summed E-state index contributed by atoms with van der Waals surface area (Å²) in [5, 5.41) is 5.36. The Morgan fingerprint density at radius 2 is 2.13 bits per heavy atom. The number of carbonyl (C=O) groups excluding carboxylic acids is 2. The van der Waals surface area contributed by atoms with E-state index in [0.29, 0.717) is 10.7 Å². The summed E-state index contributed by atoms with van der Waals surface area (Å²) in [5.41, 5.74) is 1.43. The van der Waals surface area contributed by atoms with E-state index in [1.807, 2.05) is 12.1 Å². The number of esters is 1. The van der Waals surface area contributed by atoms with Crippen LogP contribution in [-0.2, 0) is 4.74 Å². The molecule has 0 saturated carbocycles. The van der Waals surface area contributed by atoms with Crippen LogP contribution >= 0.6 is 11.3 Å². The molecule has 0 bridgehead atoms. The summed E-state index contributed by atoms with van der Waals surface area (Å²) in [4.78, 5) is 32.3. The third-order valence-corrected chi connectivity index (χ3v) is 3.86. The van der Waals surface area contributed by atoms with Crippen molar-refractivity contribution in [2.45, 2.75) is 6.92 Å². The van der Waals surface area contributed by atoms with Crippen LogP contribution < -0.4 is 5.32 Å². The predicted octanol–water partition coefficient (Wildman–Crippen LogP) is 3.12. The molecule has 116 valence electrons. The number of ether oxygens (including phenoxy) is 1. The molecular weight excluding hydrogens is 314 g/mol. The van der Waals surface area contributed by atoms with E-state index < -0.39 is 5.97 Å². The van der Waals surface area contributed by atoms with Gasteiger partial charge in [-0.05, 0) is 25.1 Å². The molecule has 7 heteroatoms. The standard InChI is InChI=1S/C16H13N3O3S/c1-2-22-15(21)13-9-23-16(18-13)19-14(20)11-5-3-7-12-10(11)6-4-8-17-12/h3-9H,2H2,1H3,(H,18,19,20). The van der Waals surface area contributed by atoms with Gasteiger partial charge in [-0.3, -0.25) is 15.1 Å². The minimum atomic E-state index is -0.501. The van der Waals surface area contributed by atoms with Gasteiger partial charge in [0.1, 0.15) is 0 Å². The zero-order chi connectivity index (χ0) is 16.2. The van der Waals surface area contributed by atoms with E-state index in [1.54, 1.807) is 36.7 Å². The molecule has 1 amide bonds. The number of carbonyl (C=O) groups is 2. The summed E-state index contributed by atoms with van der Waals surface area (Å²) >= 11 is 1.17. The molecule has 0 unspecified atom stereocenters. The predicted molar refractivity (Wildman–Crippen MR) is 87.8 cm³/mol. The number of benzene rings is 1. The summed E-state index contributed by atoms with van der Waals surface area (Å²) in [6.45, 7) is 2.00. The molecule has 6 nitrogen and oxygen atoms in total. The average molecular weight is 327 g/mol. The number of aromatic nitrogens is 2. The van der Waals surface area contributed by atoms with Gasteiger partial charge in [0, 0.05) is 22.5 Å². The van der Waals surface area contributed by atoms with Crippen LogP contribution in [0.25, 0.3) is 10.9 Å². The monoisotopic (exact) mass is 327 g/mol. The molecule has 3 aromatic rings. The van der Waals surface area contributed by atoms with E-state index in [4.69, 9.17) is 4.74 Å². The van der Waals surface area contributed by atoms with Gasteiger partial charge in [0.25, 0.3) is 5.91 Å². The minimum Gasteiger partial charge on any atom is -0.461 e. The normalized spacial score (nSPS) is 10.5. The number of fused-ring (bicyclic) bond motifs is 1. The van der Waals surface area contributed by atoms with E-state index in [1.165, 1.54) is 11.3 Å². The largest absolute Gasteiger partial charge is 0.461 e. The van der Waals surface area contributed by atoms with Crippen LogP contribution in [0.1, 0.15) is 27.8 Å². The SMILES string of the molecule is CCOC(=O)c1csc(NC(=O)c2cccc3ncccc23)n1. The lowest BCUT2D eigenvalue weighted by molar-refractivity contribution is 0.0520. The number of nitrogens with one attached hydrogen (secondary N) is 1. The molecule has 0 aliphatic heterocycles. The van der Waals surface area contributed by atoms with Crippen molar-refractivity contribution >= 4 is 39.2 Å². The van der Waals surface area contributed by atoms with Crippen LogP contribution in [0.5, 0.6) is 0 Å². The van der Waals surface area contributed by atoms with Crippen molar-refractivity contribution in [1.82, 2.24) is 9.97 Å². The van der Waals surface area contributed by atoms with E-state index in [9.17, 15) is 9.59 Å². The maximum Gasteiger partial charge on any atom is 0.357 e. The van der Waals surface area contributed by atoms with Gasteiger partial charge < -0.3 is 4.74 Å². The molecule has 0 aliphatic carbocycles. The number of nitrogens with zero attached hydrogens (tertiary/aromatic N) is 2. The third-order valence-electron chi connectivity index (χ3n) is 3.10. The second-order valence-electron chi connectivity index (χ2n) is 4.59. The maximum atomic E-state index is 12.4. The van der Waals surface area contributed by atoms with Crippen molar-refractivity contribution in [2.75, 3.05) is 11.9 Å². The van der Waals surface area contributed by atoms with Gasteiger partial charge in [0.2, 0.25) is 0 Å². The number of pyridine rings is 1. The van der Waals surface area contributed by atoms with Crippen molar-refractivity contribution in [2.24, 2.45) is 0 Å². The first kappa shape index (κ1) is 15.1. The molecule has 2 heterocycles. The summed E-state index contributed by atoms with van der Waals surface area (Å²) < 4.78 is 4.87. The molecule has 2 aromatic heterocycles. The first-order valence-electron chi connectivity index (χ1n) is 6.97. The lowest BCUT2D eigenvalue weighted by Crippen LogP contribution is -2.13. The number of thiazole rings is 1. The van der Waals surface area contributed by atoms with Gasteiger partial charge in [0.15, 0.2) is 10.8 Å². The summed E-state index contributed by atoms with van der Waals surface area (Å²) in [6.07, 6.45) is 1.68. The number of hydrogen-bond donors (Lipinski definition) is 1. The highest BCUT2D eigenvalue weighted by Crippen LogP contribution is 2.20. The number of anilines is 1. The fourth-order valence-electron chi connectivity index (χ4n) is 2.10. The number of hydrogen-bond acceptors (Lipinski definition) is 6. The molecular formula is C16H13N3O3S. The quantitative estimate of drug-likeness (QED) is 0.745. The molecule has 0 aliphatic rings. The highest BCUT2D eigenvalue weighted by molar-refractivity contribution is 7.14. The zero-order valence-corrected chi connectivity index (χ0v) is 13.1. The van der Waals surface area contributed by atoms with E-state index in [2.05, 4.69) is 15.3 Å². The van der Waals surface area contributed by atoms with Crippen molar-refractivity contribution in [3.05, 3.63) is 53.2 Å². The second-order valence-corrected chi connectivity index (χ2v) is 5.45. The van der Waals surface area contributed by atoms with E-state index in [-0.39, 0.29) is 18.2 Å². The smallest absolute Gasteiger partial charge is 0.357 e. The molecule has 0 atom stereocenters. The molecule has 0 spiro atoms. The Bertz CT molecular complexity index is 870. The Morgan fingerprint density at radius 1 is 1.26 bits per heavy atom. The van der Waals surface area contributed by atoms with Gasteiger partial charge in [0.05, 0.1) is 12.1 Å². The molecule has 0 radical (unpaired) electrons. The van der Waals surface area contributed by atoms with Crippen LogP contribution in [-0.4, -0.2) is 28.5 Å². The fraction of sp³-hybridized carbons (Fsp3) is 0.125. The first-order chi connectivity index (χ1) is 11.2. The molecule has 0 saturated heterocycles. The lowest BCUT2D eigenvalue weighted by atomic mass is 10.1. The Labute approximate surface area is 136 Å². The summed E-state index contributed by atoms with van der Waals surface area (Å²) in [6, 6.07) is 8.95. The van der Waals surface area contributed by atoms with Gasteiger partial charge in [-0.1, -0.05) is 12.1 Å². The number of amides is 1. The third kappa shape index (κ3) is 3.19. The summed E-state index contributed by atoms with van der Waals surface area (Å²) in [5.74, 6) is -0.799. The van der Waals surface area contributed by atoms with Crippen molar-refractivity contribution in [1.29, 1.82) is 0 Å². The van der Waals surface area contributed by atoms with Crippen molar-refractivity contribution < 1.29 is 14.3 Å². The lowest BCUT2D eigenvalue weighted by Gasteiger charge is -2.05. The second kappa shape index (κ2) is 6.53. The van der Waals surface area contributed by atoms with Crippen LogP contribution in [0.2, 0.25) is 0 Å². The van der Waals surface area contributed by atoms with Gasteiger partial charge in [-0.15, -0.1) is 11.3 Å². The van der Waals surface area contributed by atoms with E-state index in [0.717, 1.165) is 10.9 Å². The van der Waals surface area contributed by atoms with Crippen LogP contribution in [0.3, 0.4) is 0 Å². The highest BCUT2D eigenvalue weighted by atomic mass is 32.1. The van der Waals surface area contributed by atoms with Crippen molar-refractivity contribution in [3.63, 3.8) is 0 Å². The minimum absolute atomic E-state index is 0.187. The molecule has 23 heavy (non-hydrogen) atoms. The fourth-order valence-corrected chi connectivity index (χ4v) is 2.77. The molecule has 1 aromatic carbocycles. The average Bonchev–Trinajstić information content (AvgIpc) is 3.03.